The van der Waals surface area contributed by atoms with Crippen molar-refractivity contribution < 1.29 is 14.3 Å². The Labute approximate surface area is 240 Å². The molecule has 1 saturated heterocycles. The van der Waals surface area contributed by atoms with E-state index in [1.54, 1.807) is 5.57 Å². The maximum atomic E-state index is 12.8. The van der Waals surface area contributed by atoms with Gasteiger partial charge < -0.3 is 19.4 Å². The van der Waals surface area contributed by atoms with Crippen LogP contribution in [0.4, 0.5) is 5.69 Å². The molecule has 0 saturated carbocycles. The second-order valence-electron chi connectivity index (χ2n) is 10.4. The summed E-state index contributed by atoms with van der Waals surface area (Å²) in [5.41, 5.74) is 6.82. The number of hydrogen-bond acceptors (Lipinski definition) is 5. The van der Waals surface area contributed by atoms with E-state index in [1.807, 2.05) is 67.7 Å². The van der Waals surface area contributed by atoms with Gasteiger partial charge in [0.05, 0.1) is 6.61 Å². The third-order valence-electron chi connectivity index (χ3n) is 7.91. The number of ether oxygens (including phenoxy) is 2. The Bertz CT molecular complexity index is 1530. The Morgan fingerprint density at radius 1 is 0.950 bits per heavy atom. The Morgan fingerprint density at radius 2 is 1.77 bits per heavy atom. The molecule has 2 aliphatic rings. The zero-order valence-electron chi connectivity index (χ0n) is 22.8. The first-order chi connectivity index (χ1) is 19.6. The maximum absolute atomic E-state index is 12.8. The Balaban J connectivity index is 1.18. The number of allylic oxidation sites excluding steroid dienone is 1. The molecule has 6 nitrogen and oxygen atoms in total. The number of carbonyl (C=O) groups excluding carboxylic acids is 1. The van der Waals surface area contributed by atoms with Crippen LogP contribution >= 0.6 is 11.6 Å². The zero-order valence-corrected chi connectivity index (χ0v) is 23.5. The van der Waals surface area contributed by atoms with E-state index < -0.39 is 0 Å². The van der Waals surface area contributed by atoms with E-state index in [0.717, 1.165) is 60.8 Å². The van der Waals surface area contributed by atoms with E-state index in [9.17, 15) is 4.79 Å². The number of piperazine rings is 1. The average Bonchev–Trinajstić information content (AvgIpc) is 3.64. The van der Waals surface area contributed by atoms with Crippen LogP contribution < -0.4 is 9.64 Å². The number of carbonyl (C=O) groups is 1. The number of rotatable bonds is 8. The van der Waals surface area contributed by atoms with Crippen molar-refractivity contribution >= 4 is 39.7 Å². The molecule has 4 aromatic rings. The van der Waals surface area contributed by atoms with Crippen molar-refractivity contribution in [1.82, 2.24) is 9.88 Å². The van der Waals surface area contributed by atoms with Crippen molar-refractivity contribution in [2.75, 3.05) is 44.2 Å². The molecule has 206 valence electrons. The van der Waals surface area contributed by atoms with E-state index in [-0.39, 0.29) is 5.97 Å². The fourth-order valence-electron chi connectivity index (χ4n) is 5.85. The normalized spacial score (nSPS) is 16.1. The fourth-order valence-corrected chi connectivity index (χ4v) is 5.97. The van der Waals surface area contributed by atoms with Crippen molar-refractivity contribution in [3.63, 3.8) is 0 Å². The maximum Gasteiger partial charge on any atom is 0.341 e. The SMILES string of the molecule is CCOC(=O)c1ccc(N2CCN(CC3=C(c4ccc(Cl)cc4)CCC3)CC2)cc1Oc1cccc2[nH]ccc12. The van der Waals surface area contributed by atoms with E-state index in [2.05, 4.69) is 26.9 Å². The standard InChI is InChI=1S/C33H34ClN3O3/c1-2-39-33(38)29-14-13-26(21-32(29)40-31-8-4-7-30-28(31)15-16-35-30)37-19-17-36(18-20-37)22-24-5-3-6-27(24)23-9-11-25(34)12-10-23/h4,7-16,21,35H,2-3,5-6,17-20,22H2,1H3. The molecule has 0 radical (unpaired) electrons. The lowest BCUT2D eigenvalue weighted by Gasteiger charge is -2.36. The lowest BCUT2D eigenvalue weighted by molar-refractivity contribution is 0.0523. The second kappa shape index (κ2) is 11.8. The third kappa shape index (κ3) is 5.60. The number of nitrogens with zero attached hydrogens (tertiary/aromatic N) is 2. The van der Waals surface area contributed by atoms with Crippen molar-refractivity contribution in [2.45, 2.75) is 26.2 Å². The summed E-state index contributed by atoms with van der Waals surface area (Å²) in [6.45, 7) is 6.93. The quantitative estimate of drug-likeness (QED) is 0.227. The van der Waals surface area contributed by atoms with E-state index in [1.165, 1.54) is 24.0 Å². The molecule has 40 heavy (non-hydrogen) atoms. The Morgan fingerprint density at radius 3 is 2.58 bits per heavy atom. The highest BCUT2D eigenvalue weighted by Crippen LogP contribution is 2.36. The van der Waals surface area contributed by atoms with Crippen LogP contribution in [0.25, 0.3) is 16.5 Å². The first-order valence-electron chi connectivity index (χ1n) is 14.1. The summed E-state index contributed by atoms with van der Waals surface area (Å²) in [6.07, 6.45) is 5.42. The summed E-state index contributed by atoms with van der Waals surface area (Å²) in [7, 11) is 0. The van der Waals surface area contributed by atoms with Gasteiger partial charge in [-0.1, -0.05) is 35.4 Å². The van der Waals surface area contributed by atoms with Crippen molar-refractivity contribution in [3.8, 4) is 11.5 Å². The van der Waals surface area contributed by atoms with Gasteiger partial charge in [0.25, 0.3) is 0 Å². The number of halogens is 1. The van der Waals surface area contributed by atoms with Crippen LogP contribution in [0.1, 0.15) is 42.1 Å². The van der Waals surface area contributed by atoms with Crippen molar-refractivity contribution in [3.05, 3.63) is 94.6 Å². The van der Waals surface area contributed by atoms with Crippen LogP contribution in [0.15, 0.2) is 78.5 Å². The monoisotopic (exact) mass is 555 g/mol. The van der Waals surface area contributed by atoms with Crippen LogP contribution in [0.2, 0.25) is 5.02 Å². The molecule has 0 atom stereocenters. The molecule has 0 bridgehead atoms. The number of H-pyrrole nitrogens is 1. The van der Waals surface area contributed by atoms with E-state index in [4.69, 9.17) is 21.1 Å². The molecule has 1 fully saturated rings. The molecule has 1 aliphatic carbocycles. The number of esters is 1. The number of benzene rings is 3. The number of hydrogen-bond donors (Lipinski definition) is 1. The first-order valence-corrected chi connectivity index (χ1v) is 14.5. The van der Waals surface area contributed by atoms with Crippen molar-refractivity contribution in [1.29, 1.82) is 0 Å². The summed E-state index contributed by atoms with van der Waals surface area (Å²) >= 11 is 6.12. The number of aromatic nitrogens is 1. The highest BCUT2D eigenvalue weighted by molar-refractivity contribution is 6.30. The molecule has 3 aromatic carbocycles. The van der Waals surface area contributed by atoms with Gasteiger partial charge in [-0.2, -0.15) is 0 Å². The largest absolute Gasteiger partial charge is 0.462 e. The Hall–Kier alpha value is -3.74. The molecule has 6 rings (SSSR count). The number of fused-ring (bicyclic) bond motifs is 1. The number of aromatic amines is 1. The summed E-state index contributed by atoms with van der Waals surface area (Å²) in [4.78, 5) is 20.9. The summed E-state index contributed by atoms with van der Waals surface area (Å²) in [5, 5.41) is 1.75. The van der Waals surface area contributed by atoms with Gasteiger partial charge in [-0.05, 0) is 79.8 Å². The predicted octanol–water partition coefficient (Wildman–Crippen LogP) is 7.55. The minimum atomic E-state index is -0.378. The highest BCUT2D eigenvalue weighted by atomic mass is 35.5. The predicted molar refractivity (Wildman–Crippen MR) is 162 cm³/mol. The van der Waals surface area contributed by atoms with Gasteiger partial charge in [0.15, 0.2) is 0 Å². The molecule has 2 heterocycles. The minimum absolute atomic E-state index is 0.311. The zero-order chi connectivity index (χ0) is 27.5. The molecule has 0 unspecified atom stereocenters. The van der Waals surface area contributed by atoms with Gasteiger partial charge in [-0.25, -0.2) is 4.79 Å². The summed E-state index contributed by atoms with van der Waals surface area (Å²) < 4.78 is 11.7. The Kier molecular flexibility index (Phi) is 7.80. The van der Waals surface area contributed by atoms with Crippen LogP contribution in [0.3, 0.4) is 0 Å². The molecule has 7 heteroatoms. The molecular formula is C33H34ClN3O3. The van der Waals surface area contributed by atoms with E-state index in [0.29, 0.717) is 23.7 Å². The van der Waals surface area contributed by atoms with Gasteiger partial charge in [0, 0.05) is 66.6 Å². The molecule has 1 aliphatic heterocycles. The number of anilines is 1. The minimum Gasteiger partial charge on any atom is -0.462 e. The average molecular weight is 556 g/mol. The molecule has 1 aromatic heterocycles. The lowest BCUT2D eigenvalue weighted by Crippen LogP contribution is -2.47. The van der Waals surface area contributed by atoms with Crippen LogP contribution in [-0.2, 0) is 4.74 Å². The van der Waals surface area contributed by atoms with Crippen LogP contribution in [0.5, 0.6) is 11.5 Å². The fraction of sp³-hybridized carbons (Fsp3) is 0.303. The number of nitrogens with one attached hydrogen (secondary N) is 1. The van der Waals surface area contributed by atoms with Gasteiger partial charge in [0.1, 0.15) is 17.1 Å². The summed E-state index contributed by atoms with van der Waals surface area (Å²) in [6, 6.07) is 21.9. The highest BCUT2D eigenvalue weighted by Gasteiger charge is 2.24. The summed E-state index contributed by atoms with van der Waals surface area (Å²) in [5.74, 6) is 0.833. The molecule has 0 spiro atoms. The topological polar surface area (TPSA) is 57.8 Å². The molecule has 0 amide bonds. The van der Waals surface area contributed by atoms with Crippen LogP contribution in [-0.4, -0.2) is 55.2 Å². The lowest BCUT2D eigenvalue weighted by atomic mass is 10.0. The smallest absolute Gasteiger partial charge is 0.341 e. The molecule has 1 N–H and O–H groups in total. The van der Waals surface area contributed by atoms with E-state index >= 15 is 0 Å². The van der Waals surface area contributed by atoms with Crippen LogP contribution in [0, 0.1) is 0 Å². The van der Waals surface area contributed by atoms with Crippen molar-refractivity contribution in [2.24, 2.45) is 0 Å². The molecular weight excluding hydrogens is 522 g/mol. The van der Waals surface area contributed by atoms with Gasteiger partial charge >= 0.3 is 5.97 Å². The second-order valence-corrected chi connectivity index (χ2v) is 10.8. The first kappa shape index (κ1) is 26.5. The van der Waals surface area contributed by atoms with Gasteiger partial charge in [0.2, 0.25) is 0 Å². The van der Waals surface area contributed by atoms with Gasteiger partial charge in [-0.15, -0.1) is 0 Å². The van der Waals surface area contributed by atoms with Gasteiger partial charge in [-0.3, -0.25) is 4.90 Å². The third-order valence-corrected chi connectivity index (χ3v) is 8.16.